The van der Waals surface area contributed by atoms with Gasteiger partial charge in [0.25, 0.3) is 0 Å². The summed E-state index contributed by atoms with van der Waals surface area (Å²) in [6, 6.07) is 9.86. The van der Waals surface area contributed by atoms with Gasteiger partial charge in [0.1, 0.15) is 6.26 Å². The monoisotopic (exact) mass is 329 g/mol. The largest absolute Gasteiger partial charge is 0.444 e. The number of hydrogen-bond donors (Lipinski definition) is 3. The molecular weight excluding hydrogens is 302 g/mol. The molecule has 0 bridgehead atoms. The minimum Gasteiger partial charge on any atom is -0.444 e. The lowest BCUT2D eigenvalue weighted by Crippen LogP contribution is -2.44. The van der Waals surface area contributed by atoms with Gasteiger partial charge in [-0.1, -0.05) is 18.2 Å². The first kappa shape index (κ1) is 18.0. The Morgan fingerprint density at radius 3 is 2.54 bits per heavy atom. The molecule has 6 heteroatoms. The lowest BCUT2D eigenvalue weighted by Gasteiger charge is -2.21. The number of nitrogens with zero attached hydrogens (tertiary/aromatic N) is 2. The van der Waals surface area contributed by atoms with E-state index in [9.17, 15) is 0 Å². The van der Waals surface area contributed by atoms with Crippen LogP contribution in [0.3, 0.4) is 0 Å². The highest BCUT2D eigenvalue weighted by Gasteiger charge is 2.08. The number of nitrogens with one attached hydrogen (secondary N) is 3. The maximum absolute atomic E-state index is 5.53. The Kier molecular flexibility index (Phi) is 6.37. The first-order chi connectivity index (χ1) is 11.5. The average Bonchev–Trinajstić information content (AvgIpc) is 3.03. The van der Waals surface area contributed by atoms with Gasteiger partial charge in [-0.15, -0.1) is 0 Å². The van der Waals surface area contributed by atoms with Crippen LogP contribution in [-0.2, 0) is 6.54 Å². The average molecular weight is 329 g/mol. The first-order valence-corrected chi connectivity index (χ1v) is 8.17. The summed E-state index contributed by atoms with van der Waals surface area (Å²) in [5.74, 6) is 1.37. The van der Waals surface area contributed by atoms with Crippen molar-refractivity contribution in [1.82, 2.24) is 20.9 Å². The molecule has 2 rings (SSSR count). The van der Waals surface area contributed by atoms with Crippen molar-refractivity contribution in [2.75, 3.05) is 20.1 Å². The summed E-state index contributed by atoms with van der Waals surface area (Å²) in [5.41, 5.74) is 1.93. The number of rotatable bonds is 6. The Morgan fingerprint density at radius 1 is 1.12 bits per heavy atom. The van der Waals surface area contributed by atoms with Crippen LogP contribution < -0.4 is 16.0 Å². The molecule has 0 saturated heterocycles. The standard InChI is InChI=1S/C18H27N5O/c1-18(2,3)22-11-10-20-17(19-4)21-12-15-13-24-16(23-15)14-8-6-5-7-9-14/h5-9,13,22H,10-12H2,1-4H3,(H2,19,20,21). The van der Waals surface area contributed by atoms with Crippen molar-refractivity contribution in [2.24, 2.45) is 4.99 Å². The van der Waals surface area contributed by atoms with Crippen molar-refractivity contribution in [1.29, 1.82) is 0 Å². The summed E-state index contributed by atoms with van der Waals surface area (Å²) < 4.78 is 5.53. The van der Waals surface area contributed by atoms with E-state index in [2.05, 4.69) is 46.7 Å². The van der Waals surface area contributed by atoms with Crippen LogP contribution in [0.4, 0.5) is 0 Å². The Bertz CT molecular complexity index is 643. The molecule has 0 radical (unpaired) electrons. The normalized spacial score (nSPS) is 12.2. The van der Waals surface area contributed by atoms with Crippen LogP contribution in [-0.4, -0.2) is 36.6 Å². The topological polar surface area (TPSA) is 74.5 Å². The SMILES string of the molecule is CN=C(NCCNC(C)(C)C)NCc1coc(-c2ccccc2)n1. The molecule has 0 aliphatic carbocycles. The van der Waals surface area contributed by atoms with Crippen LogP contribution >= 0.6 is 0 Å². The zero-order valence-electron chi connectivity index (χ0n) is 14.9. The molecule has 0 atom stereocenters. The minimum absolute atomic E-state index is 0.118. The number of guanidine groups is 1. The van der Waals surface area contributed by atoms with Gasteiger partial charge >= 0.3 is 0 Å². The molecule has 0 fully saturated rings. The lowest BCUT2D eigenvalue weighted by atomic mass is 10.1. The third-order valence-corrected chi connectivity index (χ3v) is 3.31. The zero-order valence-corrected chi connectivity index (χ0v) is 14.9. The fourth-order valence-electron chi connectivity index (χ4n) is 2.11. The molecule has 0 aliphatic rings. The van der Waals surface area contributed by atoms with Crippen LogP contribution in [0.15, 0.2) is 46.0 Å². The number of aliphatic imine (C=N–C) groups is 1. The summed E-state index contributed by atoms with van der Waals surface area (Å²) in [6.45, 7) is 8.67. The molecular formula is C18H27N5O. The second-order valence-corrected chi connectivity index (χ2v) is 6.54. The van der Waals surface area contributed by atoms with Gasteiger partial charge in [-0.2, -0.15) is 0 Å². The highest BCUT2D eigenvalue weighted by atomic mass is 16.3. The van der Waals surface area contributed by atoms with Crippen molar-refractivity contribution in [3.05, 3.63) is 42.3 Å². The molecule has 1 aromatic heterocycles. The molecule has 24 heavy (non-hydrogen) atoms. The molecule has 130 valence electrons. The fraction of sp³-hybridized carbons (Fsp3) is 0.444. The quantitative estimate of drug-likeness (QED) is 0.431. The van der Waals surface area contributed by atoms with E-state index in [-0.39, 0.29) is 5.54 Å². The summed E-state index contributed by atoms with van der Waals surface area (Å²) in [5, 5.41) is 9.93. The van der Waals surface area contributed by atoms with Crippen LogP contribution in [0.1, 0.15) is 26.5 Å². The van der Waals surface area contributed by atoms with Gasteiger partial charge in [-0.25, -0.2) is 4.98 Å². The van der Waals surface area contributed by atoms with Crippen molar-refractivity contribution < 1.29 is 4.42 Å². The number of oxazole rings is 1. The first-order valence-electron chi connectivity index (χ1n) is 8.17. The summed E-state index contributed by atoms with van der Waals surface area (Å²) in [4.78, 5) is 8.70. The molecule has 0 saturated carbocycles. The third-order valence-electron chi connectivity index (χ3n) is 3.31. The summed E-state index contributed by atoms with van der Waals surface area (Å²) >= 11 is 0. The molecule has 0 spiro atoms. The van der Waals surface area contributed by atoms with E-state index in [1.54, 1.807) is 13.3 Å². The highest BCUT2D eigenvalue weighted by Crippen LogP contribution is 2.17. The smallest absolute Gasteiger partial charge is 0.226 e. The Balaban J connectivity index is 1.78. The number of aromatic nitrogens is 1. The van der Waals surface area contributed by atoms with Crippen molar-refractivity contribution in [3.63, 3.8) is 0 Å². The predicted molar refractivity (Wildman–Crippen MR) is 97.9 cm³/mol. The van der Waals surface area contributed by atoms with Crippen molar-refractivity contribution >= 4 is 5.96 Å². The molecule has 6 nitrogen and oxygen atoms in total. The van der Waals surface area contributed by atoms with E-state index in [0.717, 1.165) is 30.3 Å². The van der Waals surface area contributed by atoms with E-state index in [1.165, 1.54) is 0 Å². The van der Waals surface area contributed by atoms with Gasteiger partial charge in [-0.05, 0) is 32.9 Å². The van der Waals surface area contributed by atoms with Crippen molar-refractivity contribution in [3.8, 4) is 11.5 Å². The minimum atomic E-state index is 0.118. The Morgan fingerprint density at radius 2 is 1.88 bits per heavy atom. The third kappa shape index (κ3) is 6.04. The molecule has 0 unspecified atom stereocenters. The molecule has 3 N–H and O–H groups in total. The highest BCUT2D eigenvalue weighted by molar-refractivity contribution is 5.79. The number of hydrogen-bond acceptors (Lipinski definition) is 4. The molecule has 0 amide bonds. The Hall–Kier alpha value is -2.34. The van der Waals surface area contributed by atoms with E-state index in [0.29, 0.717) is 12.4 Å². The van der Waals surface area contributed by atoms with E-state index in [4.69, 9.17) is 4.42 Å². The molecule has 2 aromatic rings. The van der Waals surface area contributed by atoms with Gasteiger partial charge < -0.3 is 20.4 Å². The van der Waals surface area contributed by atoms with Gasteiger partial charge in [0.15, 0.2) is 5.96 Å². The predicted octanol–water partition coefficient (Wildman–Crippen LogP) is 2.39. The van der Waals surface area contributed by atoms with Gasteiger partial charge in [-0.3, -0.25) is 4.99 Å². The summed E-state index contributed by atoms with van der Waals surface area (Å²) in [7, 11) is 1.75. The maximum atomic E-state index is 5.53. The second-order valence-electron chi connectivity index (χ2n) is 6.54. The van der Waals surface area contributed by atoms with Crippen LogP contribution in [0.5, 0.6) is 0 Å². The van der Waals surface area contributed by atoms with Crippen molar-refractivity contribution in [2.45, 2.75) is 32.9 Å². The number of benzene rings is 1. The lowest BCUT2D eigenvalue weighted by molar-refractivity contribution is 0.428. The van der Waals surface area contributed by atoms with Gasteiger partial charge in [0.2, 0.25) is 5.89 Å². The van der Waals surface area contributed by atoms with Gasteiger partial charge in [0, 0.05) is 31.2 Å². The summed E-state index contributed by atoms with van der Waals surface area (Å²) in [6.07, 6.45) is 1.67. The van der Waals surface area contributed by atoms with Crippen LogP contribution in [0.2, 0.25) is 0 Å². The Labute approximate surface area is 143 Å². The fourth-order valence-corrected chi connectivity index (χ4v) is 2.11. The van der Waals surface area contributed by atoms with Crippen LogP contribution in [0.25, 0.3) is 11.5 Å². The molecule has 0 aliphatic heterocycles. The molecule has 1 aromatic carbocycles. The van der Waals surface area contributed by atoms with E-state index in [1.807, 2.05) is 30.3 Å². The maximum Gasteiger partial charge on any atom is 0.226 e. The van der Waals surface area contributed by atoms with Crippen LogP contribution in [0, 0.1) is 0 Å². The van der Waals surface area contributed by atoms with E-state index < -0.39 is 0 Å². The van der Waals surface area contributed by atoms with Gasteiger partial charge in [0.05, 0.1) is 12.2 Å². The molecule has 1 heterocycles. The second kappa shape index (κ2) is 8.49. The van der Waals surface area contributed by atoms with E-state index >= 15 is 0 Å². The zero-order chi connectivity index (χ0) is 17.4.